The lowest BCUT2D eigenvalue weighted by Crippen LogP contribution is -2.41. The van der Waals surface area contributed by atoms with Crippen molar-refractivity contribution in [2.24, 2.45) is 5.92 Å². The zero-order valence-electron chi connectivity index (χ0n) is 9.79. The van der Waals surface area contributed by atoms with Gasteiger partial charge in [0.1, 0.15) is 5.82 Å². The van der Waals surface area contributed by atoms with Crippen LogP contribution in [-0.2, 0) is 0 Å². The lowest BCUT2D eigenvalue weighted by molar-refractivity contribution is 0.101. The average molecular weight is 258 g/mol. The highest BCUT2D eigenvalue weighted by molar-refractivity contribution is 6.30. The lowest BCUT2D eigenvalue weighted by atomic mass is 9.89. The van der Waals surface area contributed by atoms with E-state index < -0.39 is 11.9 Å². The van der Waals surface area contributed by atoms with Crippen LogP contribution in [0.5, 0.6) is 0 Å². The highest BCUT2D eigenvalue weighted by Gasteiger charge is 2.26. The van der Waals surface area contributed by atoms with Crippen molar-refractivity contribution in [2.45, 2.75) is 31.9 Å². The fourth-order valence-corrected chi connectivity index (χ4v) is 2.44. The Hall–Kier alpha value is -0.640. The topological polar surface area (TPSA) is 32.3 Å². The monoisotopic (exact) mass is 257 g/mol. The molecule has 1 fully saturated rings. The molecule has 1 saturated heterocycles. The molecule has 3 atom stereocenters. The lowest BCUT2D eigenvalue weighted by Gasteiger charge is -2.31. The van der Waals surface area contributed by atoms with E-state index in [9.17, 15) is 9.50 Å². The molecule has 0 saturated carbocycles. The molecule has 2 N–H and O–H groups in total. The second-order valence-electron chi connectivity index (χ2n) is 4.81. The number of rotatable bonds is 2. The Bertz CT molecular complexity index is 399. The number of piperidine rings is 1. The van der Waals surface area contributed by atoms with Crippen molar-refractivity contribution >= 4 is 11.6 Å². The first-order valence-electron chi connectivity index (χ1n) is 5.94. The van der Waals surface area contributed by atoms with Crippen LogP contribution in [0.2, 0.25) is 5.02 Å². The summed E-state index contributed by atoms with van der Waals surface area (Å²) in [4.78, 5) is 0. The van der Waals surface area contributed by atoms with Gasteiger partial charge in [-0.15, -0.1) is 0 Å². The van der Waals surface area contributed by atoms with Gasteiger partial charge in [0.2, 0.25) is 0 Å². The van der Waals surface area contributed by atoms with Crippen molar-refractivity contribution in [2.75, 3.05) is 6.54 Å². The molecule has 0 bridgehead atoms. The smallest absolute Gasteiger partial charge is 0.142 e. The van der Waals surface area contributed by atoms with E-state index in [0.29, 0.717) is 11.5 Å². The second-order valence-corrected chi connectivity index (χ2v) is 5.22. The third-order valence-corrected chi connectivity index (χ3v) is 3.67. The summed E-state index contributed by atoms with van der Waals surface area (Å²) in [6, 6.07) is 4.48. The van der Waals surface area contributed by atoms with E-state index in [1.807, 2.05) is 0 Å². The van der Waals surface area contributed by atoms with Gasteiger partial charge in [-0.25, -0.2) is 4.39 Å². The summed E-state index contributed by atoms with van der Waals surface area (Å²) in [7, 11) is 0. The molecule has 4 heteroatoms. The van der Waals surface area contributed by atoms with Crippen LogP contribution in [0.1, 0.15) is 31.4 Å². The first-order valence-corrected chi connectivity index (χ1v) is 6.32. The molecule has 0 spiro atoms. The summed E-state index contributed by atoms with van der Waals surface area (Å²) in [5.74, 6) is 0.111. The van der Waals surface area contributed by atoms with E-state index in [-0.39, 0.29) is 11.1 Å². The zero-order valence-corrected chi connectivity index (χ0v) is 10.5. The summed E-state index contributed by atoms with van der Waals surface area (Å²) in [5, 5.41) is 13.6. The number of benzene rings is 1. The molecule has 0 aliphatic carbocycles. The number of hydrogen-bond acceptors (Lipinski definition) is 2. The summed E-state index contributed by atoms with van der Waals surface area (Å²) < 4.78 is 13.3. The second kappa shape index (κ2) is 5.34. The van der Waals surface area contributed by atoms with Crippen LogP contribution in [0, 0.1) is 11.7 Å². The molecule has 0 amide bonds. The summed E-state index contributed by atoms with van der Waals surface area (Å²) >= 11 is 5.62. The van der Waals surface area contributed by atoms with Crippen LogP contribution < -0.4 is 5.32 Å². The maximum Gasteiger partial charge on any atom is 0.142 e. The van der Waals surface area contributed by atoms with Crippen molar-refractivity contribution in [3.8, 4) is 0 Å². The maximum atomic E-state index is 13.3. The first-order chi connectivity index (χ1) is 8.08. The number of aliphatic hydroxyl groups is 1. The SMILES string of the molecule is CC1CCNC(C(O)c2ccc(Cl)c(F)c2)C1. The van der Waals surface area contributed by atoms with Gasteiger partial charge in [-0.1, -0.05) is 24.6 Å². The van der Waals surface area contributed by atoms with Crippen molar-refractivity contribution in [3.05, 3.63) is 34.6 Å². The molecule has 2 rings (SSSR count). The molecule has 94 valence electrons. The van der Waals surface area contributed by atoms with Gasteiger partial charge in [0.15, 0.2) is 0 Å². The predicted octanol–water partition coefficient (Wildman–Crippen LogP) is 2.90. The van der Waals surface area contributed by atoms with Crippen LogP contribution in [-0.4, -0.2) is 17.7 Å². The Morgan fingerprint density at radius 2 is 2.29 bits per heavy atom. The van der Waals surface area contributed by atoms with Crippen molar-refractivity contribution < 1.29 is 9.50 Å². The molecular formula is C13H17ClFNO. The molecule has 1 aliphatic heterocycles. The van der Waals surface area contributed by atoms with E-state index in [1.54, 1.807) is 6.07 Å². The summed E-state index contributed by atoms with van der Waals surface area (Å²) in [5.41, 5.74) is 0.582. The van der Waals surface area contributed by atoms with Crippen molar-refractivity contribution in [3.63, 3.8) is 0 Å². The minimum absolute atomic E-state index is 0.000625. The van der Waals surface area contributed by atoms with Gasteiger partial charge in [0.05, 0.1) is 11.1 Å². The average Bonchev–Trinajstić information content (AvgIpc) is 2.32. The highest BCUT2D eigenvalue weighted by Crippen LogP contribution is 2.27. The first kappa shape index (κ1) is 12.8. The molecule has 1 aliphatic rings. The predicted molar refractivity (Wildman–Crippen MR) is 66.6 cm³/mol. The van der Waals surface area contributed by atoms with Crippen LogP contribution in [0.15, 0.2) is 18.2 Å². The number of hydrogen-bond donors (Lipinski definition) is 2. The highest BCUT2D eigenvalue weighted by atomic mass is 35.5. The molecule has 0 aromatic heterocycles. The van der Waals surface area contributed by atoms with Crippen LogP contribution in [0.3, 0.4) is 0 Å². The van der Waals surface area contributed by atoms with E-state index in [2.05, 4.69) is 12.2 Å². The number of halogens is 2. The quantitative estimate of drug-likeness (QED) is 0.854. The fraction of sp³-hybridized carbons (Fsp3) is 0.538. The van der Waals surface area contributed by atoms with Gasteiger partial charge in [-0.05, 0) is 43.0 Å². The van der Waals surface area contributed by atoms with Gasteiger partial charge in [-0.2, -0.15) is 0 Å². The van der Waals surface area contributed by atoms with Gasteiger partial charge >= 0.3 is 0 Å². The Balaban J connectivity index is 2.12. The molecule has 1 heterocycles. The zero-order chi connectivity index (χ0) is 12.4. The third-order valence-electron chi connectivity index (χ3n) is 3.37. The van der Waals surface area contributed by atoms with E-state index >= 15 is 0 Å². The van der Waals surface area contributed by atoms with E-state index in [1.165, 1.54) is 12.1 Å². The Labute approximate surface area is 106 Å². The van der Waals surface area contributed by atoms with Crippen LogP contribution in [0.25, 0.3) is 0 Å². The summed E-state index contributed by atoms with van der Waals surface area (Å²) in [6.07, 6.45) is 1.35. The Morgan fingerprint density at radius 3 is 2.94 bits per heavy atom. The van der Waals surface area contributed by atoms with Crippen LogP contribution >= 0.6 is 11.6 Å². The molecule has 1 aromatic carbocycles. The maximum absolute atomic E-state index is 13.3. The van der Waals surface area contributed by atoms with Gasteiger partial charge in [-0.3, -0.25) is 0 Å². The minimum atomic E-state index is -0.676. The molecule has 17 heavy (non-hydrogen) atoms. The van der Waals surface area contributed by atoms with Gasteiger partial charge in [0, 0.05) is 6.04 Å². The van der Waals surface area contributed by atoms with Gasteiger partial charge in [0.25, 0.3) is 0 Å². The molecule has 1 aromatic rings. The largest absolute Gasteiger partial charge is 0.387 e. The Kier molecular flexibility index (Phi) is 4.02. The normalized spacial score (nSPS) is 26.8. The standard InChI is InChI=1S/C13H17ClFNO/c1-8-4-5-16-12(6-8)13(17)9-2-3-10(14)11(15)7-9/h2-3,7-8,12-13,16-17H,4-6H2,1H3. The van der Waals surface area contributed by atoms with E-state index in [4.69, 9.17) is 11.6 Å². The molecule has 0 radical (unpaired) electrons. The summed E-state index contributed by atoms with van der Waals surface area (Å²) in [6.45, 7) is 3.07. The van der Waals surface area contributed by atoms with Gasteiger partial charge < -0.3 is 10.4 Å². The molecular weight excluding hydrogens is 241 g/mol. The Morgan fingerprint density at radius 1 is 1.53 bits per heavy atom. The van der Waals surface area contributed by atoms with Crippen molar-refractivity contribution in [1.29, 1.82) is 0 Å². The van der Waals surface area contributed by atoms with E-state index in [0.717, 1.165) is 19.4 Å². The van der Waals surface area contributed by atoms with Crippen molar-refractivity contribution in [1.82, 2.24) is 5.32 Å². The van der Waals surface area contributed by atoms with Crippen LogP contribution in [0.4, 0.5) is 4.39 Å². The fourth-order valence-electron chi connectivity index (χ4n) is 2.32. The number of nitrogens with one attached hydrogen (secondary N) is 1. The minimum Gasteiger partial charge on any atom is -0.387 e. The third kappa shape index (κ3) is 2.97. The molecule has 3 unspecified atom stereocenters. The molecule has 2 nitrogen and oxygen atoms in total. The number of aliphatic hydroxyl groups excluding tert-OH is 1.